The van der Waals surface area contributed by atoms with E-state index in [9.17, 15) is 0 Å². The SMILES string of the molecule is CC1=C(C)[C](C)([Zr+2][CH]2C(C(C)C)=Cc3ccccc32)C(C)=C1C.[I-].[I-]. The Labute approximate surface area is 199 Å². The molecule has 0 bridgehead atoms. The summed E-state index contributed by atoms with van der Waals surface area (Å²) in [5.74, 6) is 0.647. The maximum Gasteiger partial charge on any atom is -1.00 e. The summed E-state index contributed by atoms with van der Waals surface area (Å²) in [5, 5.41) is 0. The summed E-state index contributed by atoms with van der Waals surface area (Å²) in [6, 6.07) is 9.09. The predicted octanol–water partition coefficient (Wildman–Crippen LogP) is 0.736. The van der Waals surface area contributed by atoms with Crippen LogP contribution in [0.4, 0.5) is 0 Å². The third kappa shape index (κ3) is 3.99. The molecule has 3 heteroatoms. The van der Waals surface area contributed by atoms with E-state index in [0.717, 1.165) is 3.63 Å². The van der Waals surface area contributed by atoms with E-state index >= 15 is 0 Å². The number of halogens is 2. The van der Waals surface area contributed by atoms with Gasteiger partial charge in [-0.15, -0.1) is 0 Å². The topological polar surface area (TPSA) is 0 Å². The second-order valence-electron chi connectivity index (χ2n) is 7.63. The second kappa shape index (κ2) is 8.86. The Morgan fingerprint density at radius 2 is 1.44 bits per heavy atom. The van der Waals surface area contributed by atoms with Crippen LogP contribution in [0.3, 0.4) is 0 Å². The largest absolute Gasteiger partial charge is 1.00 e. The fraction of sp³-hybridized carbons (Fsp3) is 0.455. The number of hydrogen-bond donors (Lipinski definition) is 0. The van der Waals surface area contributed by atoms with Gasteiger partial charge in [0.15, 0.2) is 0 Å². The second-order valence-corrected chi connectivity index (χ2v) is 12.2. The number of benzene rings is 1. The average Bonchev–Trinajstić information content (AvgIpc) is 2.96. The van der Waals surface area contributed by atoms with Gasteiger partial charge < -0.3 is 48.0 Å². The van der Waals surface area contributed by atoms with Crippen molar-refractivity contribution in [3.63, 3.8) is 0 Å². The molecule has 0 fully saturated rings. The van der Waals surface area contributed by atoms with Crippen LogP contribution in [0.5, 0.6) is 0 Å². The van der Waals surface area contributed by atoms with Gasteiger partial charge in [0, 0.05) is 0 Å². The van der Waals surface area contributed by atoms with Crippen LogP contribution >= 0.6 is 0 Å². The molecule has 1 atom stereocenters. The first-order chi connectivity index (χ1) is 10.8. The summed E-state index contributed by atoms with van der Waals surface area (Å²) in [4.78, 5) is 0. The number of rotatable bonds is 3. The van der Waals surface area contributed by atoms with Gasteiger partial charge in [-0.3, -0.25) is 0 Å². The van der Waals surface area contributed by atoms with Crippen molar-refractivity contribution in [2.24, 2.45) is 5.92 Å². The minimum atomic E-state index is -0.725. The van der Waals surface area contributed by atoms with E-state index in [-0.39, 0.29) is 48.0 Å². The molecule has 0 amide bonds. The van der Waals surface area contributed by atoms with Crippen molar-refractivity contribution in [3.8, 4) is 0 Å². The maximum absolute atomic E-state index is 2.53. The number of hydrogen-bond acceptors (Lipinski definition) is 0. The minimum Gasteiger partial charge on any atom is -1.00 e. The Balaban J connectivity index is 0.00000156. The molecule has 0 aliphatic heterocycles. The van der Waals surface area contributed by atoms with Gasteiger partial charge in [-0.2, -0.15) is 0 Å². The first-order valence-corrected chi connectivity index (χ1v) is 11.4. The van der Waals surface area contributed by atoms with Crippen LogP contribution in [0.15, 0.2) is 52.1 Å². The molecule has 0 saturated heterocycles. The van der Waals surface area contributed by atoms with Gasteiger partial charge in [-0.05, 0) is 0 Å². The van der Waals surface area contributed by atoms with Crippen LogP contribution in [0, 0.1) is 5.92 Å². The van der Waals surface area contributed by atoms with Gasteiger partial charge in [-0.25, -0.2) is 0 Å². The van der Waals surface area contributed by atoms with Gasteiger partial charge in [0.1, 0.15) is 0 Å². The maximum atomic E-state index is 2.53. The summed E-state index contributed by atoms with van der Waals surface area (Å²) in [5.41, 5.74) is 11.1. The Morgan fingerprint density at radius 3 is 1.96 bits per heavy atom. The number of allylic oxidation sites excluding steroid dienone is 5. The molecule has 3 rings (SSSR count). The first-order valence-electron chi connectivity index (χ1n) is 8.71. The molecule has 0 spiro atoms. The zero-order chi connectivity index (χ0) is 16.9. The van der Waals surface area contributed by atoms with E-state index in [4.69, 9.17) is 0 Å². The minimum absolute atomic E-state index is 0. The van der Waals surface area contributed by atoms with Crippen molar-refractivity contribution in [2.75, 3.05) is 0 Å². The molecule has 25 heavy (non-hydrogen) atoms. The van der Waals surface area contributed by atoms with Gasteiger partial charge >= 0.3 is 154 Å². The Hall–Kier alpha value is 0.783. The van der Waals surface area contributed by atoms with Crippen molar-refractivity contribution in [2.45, 2.75) is 55.2 Å². The Kier molecular flexibility index (Phi) is 8.44. The molecular formula is C22H28I2Zr. The third-order valence-electron chi connectivity index (χ3n) is 6.25. The molecule has 2 aliphatic rings. The zero-order valence-corrected chi connectivity index (χ0v) is 23.1. The third-order valence-corrected chi connectivity index (χ3v) is 11.8. The van der Waals surface area contributed by atoms with Crippen LogP contribution in [0.2, 0.25) is 3.12 Å². The first kappa shape index (κ1) is 23.8. The molecule has 0 N–H and O–H groups in total. The Morgan fingerprint density at radius 1 is 0.920 bits per heavy atom. The van der Waals surface area contributed by atoms with E-state index < -0.39 is 23.2 Å². The smallest absolute Gasteiger partial charge is 1.00 e. The fourth-order valence-corrected chi connectivity index (χ4v) is 9.98. The molecule has 2 aliphatic carbocycles. The Bertz CT molecular complexity index is 729. The molecule has 0 radical (unpaired) electrons. The molecule has 0 saturated carbocycles. The molecule has 134 valence electrons. The van der Waals surface area contributed by atoms with Crippen molar-refractivity contribution >= 4 is 6.08 Å². The van der Waals surface area contributed by atoms with E-state index in [1.165, 1.54) is 5.56 Å². The van der Waals surface area contributed by atoms with Gasteiger partial charge in [0.2, 0.25) is 0 Å². The van der Waals surface area contributed by atoms with E-state index in [1.807, 2.05) is 0 Å². The predicted molar refractivity (Wildman–Crippen MR) is 97.1 cm³/mol. The average molecular weight is 637 g/mol. The van der Waals surface area contributed by atoms with Gasteiger partial charge in [0.05, 0.1) is 0 Å². The van der Waals surface area contributed by atoms with E-state index in [0.29, 0.717) is 9.04 Å². The fourth-order valence-electron chi connectivity index (χ4n) is 4.11. The zero-order valence-electron chi connectivity index (χ0n) is 16.3. The molecule has 0 heterocycles. The van der Waals surface area contributed by atoms with Gasteiger partial charge in [0.25, 0.3) is 0 Å². The monoisotopic (exact) mass is 636 g/mol. The normalized spacial score (nSPS) is 20.8. The van der Waals surface area contributed by atoms with Gasteiger partial charge in [-0.1, -0.05) is 0 Å². The van der Waals surface area contributed by atoms with Crippen LogP contribution in [0.1, 0.15) is 63.2 Å². The molecule has 1 aromatic carbocycles. The molecule has 1 unspecified atom stereocenters. The van der Waals surface area contributed by atoms with Crippen LogP contribution in [-0.2, 0) is 23.2 Å². The molecule has 1 aromatic rings. The van der Waals surface area contributed by atoms with Crippen LogP contribution < -0.4 is 48.0 Å². The van der Waals surface area contributed by atoms with Crippen LogP contribution in [0.25, 0.3) is 6.08 Å². The van der Waals surface area contributed by atoms with Crippen molar-refractivity contribution in [3.05, 3.63) is 63.3 Å². The molecular weight excluding hydrogens is 609 g/mol. The summed E-state index contributed by atoms with van der Waals surface area (Å²) in [6.45, 7) is 16.7. The van der Waals surface area contributed by atoms with Crippen molar-refractivity contribution in [1.82, 2.24) is 0 Å². The quantitative estimate of drug-likeness (QED) is 0.430. The van der Waals surface area contributed by atoms with E-state index in [2.05, 4.69) is 78.8 Å². The summed E-state index contributed by atoms with van der Waals surface area (Å²) in [7, 11) is 0. The molecule has 0 aromatic heterocycles. The van der Waals surface area contributed by atoms with Crippen molar-refractivity contribution < 1.29 is 71.2 Å². The molecule has 0 nitrogen and oxygen atoms in total. The van der Waals surface area contributed by atoms with Crippen molar-refractivity contribution in [1.29, 1.82) is 0 Å². The summed E-state index contributed by atoms with van der Waals surface area (Å²) < 4.78 is 1.09. The van der Waals surface area contributed by atoms with E-state index in [1.54, 1.807) is 33.4 Å². The number of fused-ring (bicyclic) bond motifs is 1. The summed E-state index contributed by atoms with van der Waals surface area (Å²) in [6.07, 6.45) is 2.49. The standard InChI is InChI=1S/C12H13.C10H15.2HI.Zr/c1-9(2)12-7-10-5-3-4-6-11(10)8-12;1-6-7(2)9(4)10(5)8(6)3;;;/h3-9H,1-2H3;1-5H3;2*1H;/q;;;;+2/p-2. The van der Waals surface area contributed by atoms with Crippen LogP contribution in [-0.4, -0.2) is 0 Å². The summed E-state index contributed by atoms with van der Waals surface area (Å²) >= 11 is -0.725.